The molecule has 0 fully saturated rings. The van der Waals surface area contributed by atoms with Gasteiger partial charge in [0.05, 0.1) is 6.20 Å². The lowest BCUT2D eigenvalue weighted by Gasteiger charge is -2.31. The number of hydrogen-bond donors (Lipinski definition) is 2. The lowest BCUT2D eigenvalue weighted by molar-refractivity contribution is -0.120. The summed E-state index contributed by atoms with van der Waals surface area (Å²) in [6.45, 7) is 11.0. The first-order valence-corrected chi connectivity index (χ1v) is 11.4. The maximum atomic E-state index is 13.4. The van der Waals surface area contributed by atoms with Crippen LogP contribution in [0.1, 0.15) is 41.5 Å². The van der Waals surface area contributed by atoms with E-state index in [2.05, 4.69) is 20.6 Å². The number of benzene rings is 1. The Morgan fingerprint density at radius 3 is 2.30 bits per heavy atom. The lowest BCUT2D eigenvalue weighted by atomic mass is 9.86. The first kappa shape index (κ1) is 24.3. The monoisotopic (exact) mass is 467 g/mol. The van der Waals surface area contributed by atoms with Crippen LogP contribution < -0.4 is 10.6 Å². The molecular formula is C24H29N5O3S. The van der Waals surface area contributed by atoms with Gasteiger partial charge in [-0.1, -0.05) is 62.4 Å². The van der Waals surface area contributed by atoms with Gasteiger partial charge >= 0.3 is 6.09 Å². The maximum Gasteiger partial charge on any atom is 0.408 e. The van der Waals surface area contributed by atoms with Gasteiger partial charge in [0.15, 0.2) is 0 Å². The van der Waals surface area contributed by atoms with Crippen LogP contribution in [0.3, 0.4) is 0 Å². The molecule has 9 heteroatoms. The van der Waals surface area contributed by atoms with E-state index >= 15 is 0 Å². The average molecular weight is 468 g/mol. The quantitative estimate of drug-likeness (QED) is 0.538. The van der Waals surface area contributed by atoms with Crippen molar-refractivity contribution in [2.45, 2.75) is 53.2 Å². The van der Waals surface area contributed by atoms with E-state index in [0.717, 1.165) is 5.56 Å². The fourth-order valence-corrected chi connectivity index (χ4v) is 3.95. The fourth-order valence-electron chi connectivity index (χ4n) is 3.00. The summed E-state index contributed by atoms with van der Waals surface area (Å²) in [7, 11) is 0. The number of carbonyl (C=O) groups is 2. The van der Waals surface area contributed by atoms with Crippen LogP contribution in [0.2, 0.25) is 0 Å². The molecule has 2 amide bonds. The zero-order chi connectivity index (χ0) is 24.2. The van der Waals surface area contributed by atoms with Gasteiger partial charge in [-0.3, -0.25) is 14.8 Å². The van der Waals surface area contributed by atoms with Crippen molar-refractivity contribution in [2.24, 2.45) is 5.41 Å². The Hall–Kier alpha value is -3.33. The molecule has 2 heterocycles. The van der Waals surface area contributed by atoms with Crippen molar-refractivity contribution in [3.63, 3.8) is 0 Å². The molecule has 0 aliphatic rings. The Morgan fingerprint density at radius 1 is 1.03 bits per heavy atom. The zero-order valence-corrected chi connectivity index (χ0v) is 20.5. The third kappa shape index (κ3) is 6.58. The minimum Gasteiger partial charge on any atom is -0.444 e. The van der Waals surface area contributed by atoms with Crippen LogP contribution in [0.25, 0.3) is 22.0 Å². The summed E-state index contributed by atoms with van der Waals surface area (Å²) in [5, 5.41) is 6.88. The maximum absolute atomic E-state index is 13.4. The molecule has 174 valence electrons. The second-order valence-corrected chi connectivity index (χ2v) is 10.6. The van der Waals surface area contributed by atoms with Crippen molar-refractivity contribution in [1.29, 1.82) is 0 Å². The van der Waals surface area contributed by atoms with Gasteiger partial charge in [0.1, 0.15) is 33.0 Å². The molecule has 3 rings (SSSR count). The van der Waals surface area contributed by atoms with Crippen LogP contribution in [-0.4, -0.2) is 38.6 Å². The highest BCUT2D eigenvalue weighted by atomic mass is 32.1. The molecule has 0 aliphatic heterocycles. The molecule has 0 radical (unpaired) electrons. The molecule has 2 aromatic heterocycles. The normalized spacial score (nSPS) is 12.7. The Bertz CT molecular complexity index is 1100. The summed E-state index contributed by atoms with van der Waals surface area (Å²) in [6, 6.07) is 8.74. The summed E-state index contributed by atoms with van der Waals surface area (Å²) >= 11 is 1.30. The van der Waals surface area contributed by atoms with E-state index in [1.54, 1.807) is 39.4 Å². The number of alkyl carbamates (subject to hydrolysis) is 1. The Morgan fingerprint density at radius 2 is 1.73 bits per heavy atom. The van der Waals surface area contributed by atoms with Gasteiger partial charge in [-0.15, -0.1) is 0 Å². The first-order valence-electron chi connectivity index (χ1n) is 10.6. The highest BCUT2D eigenvalue weighted by Gasteiger charge is 2.35. The largest absolute Gasteiger partial charge is 0.444 e. The lowest BCUT2D eigenvalue weighted by Crippen LogP contribution is -2.52. The molecule has 0 aliphatic carbocycles. The fraction of sp³-hybridized carbons (Fsp3) is 0.375. The van der Waals surface area contributed by atoms with E-state index in [1.165, 1.54) is 11.3 Å². The number of thiazole rings is 1. The summed E-state index contributed by atoms with van der Waals surface area (Å²) in [5.74, 6) is -0.361. The minimum atomic E-state index is -0.835. The van der Waals surface area contributed by atoms with Gasteiger partial charge in [-0.05, 0) is 26.2 Å². The highest BCUT2D eigenvalue weighted by molar-refractivity contribution is 7.19. The van der Waals surface area contributed by atoms with Crippen LogP contribution in [0.15, 0.2) is 48.9 Å². The molecule has 8 nitrogen and oxygen atoms in total. The molecule has 0 unspecified atom stereocenters. The van der Waals surface area contributed by atoms with Crippen LogP contribution in [0, 0.1) is 5.41 Å². The number of nitrogens with zero attached hydrogens (tertiary/aromatic N) is 3. The molecule has 0 saturated heterocycles. The molecule has 0 bridgehead atoms. The number of rotatable bonds is 5. The second kappa shape index (κ2) is 9.66. The third-order valence-electron chi connectivity index (χ3n) is 4.48. The topological polar surface area (TPSA) is 106 Å². The number of nitrogens with one attached hydrogen (secondary N) is 2. The van der Waals surface area contributed by atoms with Crippen molar-refractivity contribution in [3.05, 3.63) is 48.9 Å². The minimum absolute atomic E-state index is 0.361. The van der Waals surface area contributed by atoms with Crippen molar-refractivity contribution in [1.82, 2.24) is 20.3 Å². The second-order valence-electron chi connectivity index (χ2n) is 9.59. The van der Waals surface area contributed by atoms with Crippen molar-refractivity contribution < 1.29 is 14.3 Å². The molecule has 2 N–H and O–H groups in total. The van der Waals surface area contributed by atoms with Crippen molar-refractivity contribution in [2.75, 3.05) is 5.32 Å². The number of amides is 2. The molecule has 3 aromatic rings. The van der Waals surface area contributed by atoms with Gasteiger partial charge in [-0.2, -0.15) is 0 Å². The van der Waals surface area contributed by atoms with E-state index < -0.39 is 23.2 Å². The van der Waals surface area contributed by atoms with Crippen LogP contribution in [0.5, 0.6) is 0 Å². The van der Waals surface area contributed by atoms with Gasteiger partial charge in [-0.25, -0.2) is 9.78 Å². The summed E-state index contributed by atoms with van der Waals surface area (Å²) in [4.78, 5) is 38.9. The predicted octanol–water partition coefficient (Wildman–Crippen LogP) is 5.15. The van der Waals surface area contributed by atoms with E-state index in [-0.39, 0.29) is 5.91 Å². The molecule has 33 heavy (non-hydrogen) atoms. The number of anilines is 1. The summed E-state index contributed by atoms with van der Waals surface area (Å²) in [5.41, 5.74) is 0.851. The van der Waals surface area contributed by atoms with Gasteiger partial charge < -0.3 is 15.4 Å². The van der Waals surface area contributed by atoms with E-state index in [0.29, 0.717) is 21.4 Å². The Balaban J connectivity index is 1.93. The van der Waals surface area contributed by atoms with E-state index in [9.17, 15) is 9.59 Å². The van der Waals surface area contributed by atoms with Crippen LogP contribution in [-0.2, 0) is 9.53 Å². The number of aromatic nitrogens is 3. The van der Waals surface area contributed by atoms with Crippen LogP contribution >= 0.6 is 11.3 Å². The average Bonchev–Trinajstić information content (AvgIpc) is 3.15. The molecule has 1 aromatic carbocycles. The predicted molar refractivity (Wildman–Crippen MR) is 130 cm³/mol. The smallest absolute Gasteiger partial charge is 0.408 e. The van der Waals surface area contributed by atoms with Crippen LogP contribution in [0.4, 0.5) is 9.80 Å². The molecule has 0 spiro atoms. The number of carbonyl (C=O) groups excluding carboxylic acids is 2. The van der Waals surface area contributed by atoms with E-state index in [1.807, 2.05) is 51.1 Å². The summed E-state index contributed by atoms with van der Waals surface area (Å²) in [6.07, 6.45) is 4.16. The first-order chi connectivity index (χ1) is 15.4. The van der Waals surface area contributed by atoms with Crippen molar-refractivity contribution >= 4 is 28.3 Å². The van der Waals surface area contributed by atoms with Gasteiger partial charge in [0, 0.05) is 18.0 Å². The molecule has 0 saturated carbocycles. The van der Waals surface area contributed by atoms with Crippen molar-refractivity contribution in [3.8, 4) is 22.0 Å². The number of ether oxygens (including phenoxy) is 1. The summed E-state index contributed by atoms with van der Waals surface area (Å²) < 4.78 is 5.36. The zero-order valence-electron chi connectivity index (χ0n) is 19.7. The van der Waals surface area contributed by atoms with Gasteiger partial charge in [0.2, 0.25) is 5.91 Å². The number of hydrogen-bond acceptors (Lipinski definition) is 7. The van der Waals surface area contributed by atoms with E-state index in [4.69, 9.17) is 9.72 Å². The highest BCUT2D eigenvalue weighted by Crippen LogP contribution is 2.37. The molecular weight excluding hydrogens is 438 g/mol. The SMILES string of the molecule is CC(C)(C)OC(=O)N[C@H](C(=O)Nc1sc(-c2cnccn2)nc1-c1ccccc1)C(C)(C)C. The Kier molecular flexibility index (Phi) is 7.12. The Labute approximate surface area is 197 Å². The molecule has 1 atom stereocenters. The third-order valence-corrected chi connectivity index (χ3v) is 5.48. The van der Waals surface area contributed by atoms with Gasteiger partial charge in [0.25, 0.3) is 0 Å². The standard InChI is InChI=1S/C24H29N5O3S/c1-23(2,3)18(28-22(31)32-24(4,5)6)19(30)29-21-17(15-10-8-7-9-11-15)27-20(33-21)16-14-25-12-13-26-16/h7-14,18H,1-6H3,(H,28,31)(H,29,30)/t18-/m1/s1.